The molecule has 0 aliphatic heterocycles. The summed E-state index contributed by atoms with van der Waals surface area (Å²) in [5.74, 6) is -2.11. The fourth-order valence-corrected chi connectivity index (χ4v) is 1.25. The molecule has 16 heavy (non-hydrogen) atoms. The number of hydrogen-bond acceptors (Lipinski definition) is 3. The Morgan fingerprint density at radius 1 is 1.38 bits per heavy atom. The van der Waals surface area contributed by atoms with E-state index in [9.17, 15) is 9.59 Å². The zero-order valence-electron chi connectivity index (χ0n) is 8.31. The molecule has 1 aromatic carbocycles. The smallest absolute Gasteiger partial charge is 0.248 e. The van der Waals surface area contributed by atoms with Gasteiger partial charge in [-0.05, 0) is 17.2 Å². The minimum Gasteiger partial charge on any atom is -0.350 e. The fraction of sp³-hybridized carbons (Fsp3) is 0.182. The summed E-state index contributed by atoms with van der Waals surface area (Å²) in [7, 11) is 0. The Labute approximate surface area is 97.8 Å². The van der Waals surface area contributed by atoms with Crippen molar-refractivity contribution in [2.45, 2.75) is 6.54 Å². The van der Waals surface area contributed by atoms with Crippen LogP contribution in [0.5, 0.6) is 0 Å². The molecule has 1 rings (SSSR count). The molecule has 1 amide bonds. The second-order valence-corrected chi connectivity index (χ2v) is 3.44. The maximum atomic E-state index is 11.4. The summed E-state index contributed by atoms with van der Waals surface area (Å²) in [6, 6.07) is 10.7. The molecule has 0 aliphatic carbocycles. The van der Waals surface area contributed by atoms with Gasteiger partial charge in [0.25, 0.3) is 0 Å². The van der Waals surface area contributed by atoms with E-state index in [0.29, 0.717) is 0 Å². The number of nitrogens with one attached hydrogen (secondary N) is 1. The Kier molecular flexibility index (Phi) is 4.49. The molecule has 0 bridgehead atoms. The van der Waals surface area contributed by atoms with Crippen molar-refractivity contribution < 1.29 is 9.59 Å². The maximum absolute atomic E-state index is 11.4. The number of halogens is 1. The van der Waals surface area contributed by atoms with Crippen LogP contribution in [0.2, 0.25) is 0 Å². The van der Waals surface area contributed by atoms with E-state index in [1.54, 1.807) is 6.07 Å². The van der Waals surface area contributed by atoms with Gasteiger partial charge in [-0.3, -0.25) is 9.59 Å². The molecule has 1 atom stereocenters. The van der Waals surface area contributed by atoms with Gasteiger partial charge in [-0.15, -0.1) is 0 Å². The normalized spacial score (nSPS) is 11.2. The first-order chi connectivity index (χ1) is 7.65. The molecular weight excluding hydrogens is 228 g/mol. The third-order valence-electron chi connectivity index (χ3n) is 1.93. The van der Waals surface area contributed by atoms with Crippen molar-refractivity contribution in [2.75, 3.05) is 0 Å². The lowest BCUT2D eigenvalue weighted by atomic mass is 10.1. The molecule has 0 saturated carbocycles. The van der Waals surface area contributed by atoms with Crippen molar-refractivity contribution in [1.82, 2.24) is 5.32 Å². The molecule has 5 heteroatoms. The van der Waals surface area contributed by atoms with Gasteiger partial charge in [0, 0.05) is 6.54 Å². The summed E-state index contributed by atoms with van der Waals surface area (Å²) in [4.78, 5) is 22.1. The highest BCUT2D eigenvalue weighted by atomic mass is 35.5. The number of carbonyl (C=O) groups excluding carboxylic acids is 2. The molecule has 0 radical (unpaired) electrons. The summed E-state index contributed by atoms with van der Waals surface area (Å²) < 4.78 is 0. The molecule has 4 nitrogen and oxygen atoms in total. The Hall–Kier alpha value is -1.86. The second-order valence-electron chi connectivity index (χ2n) is 3.07. The summed E-state index contributed by atoms with van der Waals surface area (Å²) in [5, 5.41) is 10.0. The summed E-state index contributed by atoms with van der Waals surface area (Å²) in [6.07, 6.45) is 0. The van der Waals surface area contributed by atoms with Crippen molar-refractivity contribution in [3.63, 3.8) is 0 Å². The molecule has 82 valence electrons. The van der Waals surface area contributed by atoms with Crippen LogP contribution in [0, 0.1) is 17.2 Å². The molecule has 0 fully saturated rings. The minimum atomic E-state index is -1.44. The first kappa shape index (κ1) is 12.2. The number of nitriles is 1. The molecule has 0 heterocycles. The third-order valence-corrected chi connectivity index (χ3v) is 2.15. The van der Waals surface area contributed by atoms with Gasteiger partial charge < -0.3 is 5.32 Å². The van der Waals surface area contributed by atoms with Gasteiger partial charge in [0.1, 0.15) is 0 Å². The molecule has 0 unspecified atom stereocenters. The van der Waals surface area contributed by atoms with Crippen molar-refractivity contribution >= 4 is 22.8 Å². The van der Waals surface area contributed by atoms with E-state index in [-0.39, 0.29) is 6.54 Å². The van der Waals surface area contributed by atoms with Crippen molar-refractivity contribution in [3.8, 4) is 6.07 Å². The number of hydrogen-bond donors (Lipinski definition) is 1. The number of amides is 1. The average molecular weight is 237 g/mol. The molecule has 0 spiro atoms. The predicted molar refractivity (Wildman–Crippen MR) is 58.3 cm³/mol. The van der Waals surface area contributed by atoms with Crippen LogP contribution in [0.1, 0.15) is 5.56 Å². The highest BCUT2D eigenvalue weighted by molar-refractivity contribution is 6.65. The van der Waals surface area contributed by atoms with Crippen LogP contribution in [0.3, 0.4) is 0 Å². The van der Waals surface area contributed by atoms with Crippen LogP contribution in [0.4, 0.5) is 0 Å². The first-order valence-electron chi connectivity index (χ1n) is 4.55. The van der Waals surface area contributed by atoms with Crippen molar-refractivity contribution in [2.24, 2.45) is 5.92 Å². The van der Waals surface area contributed by atoms with Gasteiger partial charge in [0.2, 0.25) is 11.1 Å². The summed E-state index contributed by atoms with van der Waals surface area (Å²) in [5.41, 5.74) is 0.884. The predicted octanol–water partition coefficient (Wildman–Crippen LogP) is 1.21. The SMILES string of the molecule is N#C[C@@H](C(=O)Cl)C(=O)NCc1ccccc1. The largest absolute Gasteiger partial charge is 0.350 e. The van der Waals surface area contributed by atoms with Gasteiger partial charge in [-0.25, -0.2) is 0 Å². The molecule has 0 aliphatic rings. The molecule has 0 saturated heterocycles. The lowest BCUT2D eigenvalue weighted by molar-refractivity contribution is -0.128. The van der Waals surface area contributed by atoms with Crippen LogP contribution >= 0.6 is 11.6 Å². The highest BCUT2D eigenvalue weighted by Gasteiger charge is 2.24. The van der Waals surface area contributed by atoms with Crippen LogP contribution in [0.15, 0.2) is 30.3 Å². The van der Waals surface area contributed by atoms with E-state index in [4.69, 9.17) is 16.9 Å². The zero-order chi connectivity index (χ0) is 12.0. The maximum Gasteiger partial charge on any atom is 0.248 e. The van der Waals surface area contributed by atoms with Crippen molar-refractivity contribution in [3.05, 3.63) is 35.9 Å². The van der Waals surface area contributed by atoms with Crippen LogP contribution in [0.25, 0.3) is 0 Å². The fourth-order valence-electron chi connectivity index (χ4n) is 1.10. The lowest BCUT2D eigenvalue weighted by Gasteiger charge is -2.06. The monoisotopic (exact) mass is 236 g/mol. The summed E-state index contributed by atoms with van der Waals surface area (Å²) in [6.45, 7) is 0.266. The number of nitrogens with zero attached hydrogens (tertiary/aromatic N) is 1. The quantitative estimate of drug-likeness (QED) is 0.631. The van der Waals surface area contributed by atoms with Crippen LogP contribution in [-0.2, 0) is 16.1 Å². The van der Waals surface area contributed by atoms with E-state index in [0.717, 1.165) is 5.56 Å². The number of rotatable bonds is 4. The van der Waals surface area contributed by atoms with Gasteiger partial charge >= 0.3 is 0 Å². The Morgan fingerprint density at radius 2 is 2.00 bits per heavy atom. The zero-order valence-corrected chi connectivity index (χ0v) is 9.07. The molecule has 1 aromatic rings. The minimum absolute atomic E-state index is 0.266. The Bertz CT molecular complexity index is 425. The van der Waals surface area contributed by atoms with E-state index >= 15 is 0 Å². The third kappa shape index (κ3) is 3.37. The van der Waals surface area contributed by atoms with E-state index in [2.05, 4.69) is 5.32 Å². The van der Waals surface area contributed by atoms with Gasteiger partial charge in [0.05, 0.1) is 6.07 Å². The number of benzene rings is 1. The topological polar surface area (TPSA) is 70.0 Å². The van der Waals surface area contributed by atoms with E-state index < -0.39 is 17.1 Å². The summed E-state index contributed by atoms with van der Waals surface area (Å²) >= 11 is 5.10. The van der Waals surface area contributed by atoms with Crippen molar-refractivity contribution in [1.29, 1.82) is 5.26 Å². The van der Waals surface area contributed by atoms with Gasteiger partial charge in [-0.2, -0.15) is 5.26 Å². The molecule has 1 N–H and O–H groups in total. The Morgan fingerprint density at radius 3 is 2.50 bits per heavy atom. The van der Waals surface area contributed by atoms with E-state index in [1.165, 1.54) is 0 Å². The van der Waals surface area contributed by atoms with Gasteiger partial charge in [-0.1, -0.05) is 30.3 Å². The van der Waals surface area contributed by atoms with Crippen LogP contribution < -0.4 is 5.32 Å². The first-order valence-corrected chi connectivity index (χ1v) is 4.93. The molecule has 0 aromatic heterocycles. The van der Waals surface area contributed by atoms with E-state index in [1.807, 2.05) is 30.3 Å². The second kappa shape index (κ2) is 5.89. The lowest BCUT2D eigenvalue weighted by Crippen LogP contribution is -2.32. The molecular formula is C11H9ClN2O2. The van der Waals surface area contributed by atoms with Crippen LogP contribution in [-0.4, -0.2) is 11.1 Å². The standard InChI is InChI=1S/C11H9ClN2O2/c12-10(15)9(6-13)11(16)14-7-8-4-2-1-3-5-8/h1-5,9H,7H2,(H,14,16)/t9-/m0/s1. The average Bonchev–Trinajstić information content (AvgIpc) is 2.28. The van der Waals surface area contributed by atoms with Gasteiger partial charge in [0.15, 0.2) is 5.92 Å². The highest BCUT2D eigenvalue weighted by Crippen LogP contribution is 2.02. The number of carbonyl (C=O) groups is 2. The Balaban J connectivity index is 2.54.